The third kappa shape index (κ3) is 5.54. The number of aryl methyl sites for hydroxylation is 1. The Morgan fingerprint density at radius 1 is 1.10 bits per heavy atom. The van der Waals surface area contributed by atoms with Crippen molar-refractivity contribution in [1.29, 1.82) is 0 Å². The van der Waals surface area contributed by atoms with Crippen molar-refractivity contribution >= 4 is 40.5 Å². The molecule has 0 unspecified atom stereocenters. The number of pyridine rings is 1. The van der Waals surface area contributed by atoms with E-state index >= 15 is 0 Å². The van der Waals surface area contributed by atoms with Crippen molar-refractivity contribution in [3.63, 3.8) is 0 Å². The van der Waals surface area contributed by atoms with Gasteiger partial charge in [0.1, 0.15) is 34.1 Å². The Labute approximate surface area is 239 Å². The molecule has 2 amide bonds. The number of hydrogen-bond acceptors (Lipinski definition) is 9. The summed E-state index contributed by atoms with van der Waals surface area (Å²) in [6.07, 6.45) is 1.46. The first-order valence-electron chi connectivity index (χ1n) is 12.6. The lowest BCUT2D eigenvalue weighted by Crippen LogP contribution is -2.49. The highest BCUT2D eigenvalue weighted by Crippen LogP contribution is 2.38. The number of aromatic nitrogens is 2. The molecule has 2 aromatic heterocycles. The largest absolute Gasteiger partial charge is 0.496 e. The van der Waals surface area contributed by atoms with Gasteiger partial charge >= 0.3 is 0 Å². The Kier molecular flexibility index (Phi) is 7.83. The molecule has 4 aromatic rings. The zero-order valence-electron chi connectivity index (χ0n) is 22.2. The normalized spacial score (nSPS) is 13.1. The van der Waals surface area contributed by atoms with Crippen LogP contribution in [-0.2, 0) is 0 Å². The fraction of sp³-hybridized carbons (Fsp3) is 0.214. The van der Waals surface area contributed by atoms with Gasteiger partial charge in [0, 0.05) is 44.0 Å². The van der Waals surface area contributed by atoms with Crippen molar-refractivity contribution < 1.29 is 23.8 Å². The minimum absolute atomic E-state index is 0.00916. The van der Waals surface area contributed by atoms with Gasteiger partial charge in [-0.25, -0.2) is 0 Å². The van der Waals surface area contributed by atoms with Gasteiger partial charge in [-0.2, -0.15) is 0 Å². The fourth-order valence-corrected chi connectivity index (χ4v) is 4.96. The minimum atomic E-state index is -0.610. The average Bonchev–Trinajstić information content (AvgIpc) is 3.38. The summed E-state index contributed by atoms with van der Waals surface area (Å²) in [5.74, 6) is 0.137. The average molecular weight is 577 g/mol. The van der Waals surface area contributed by atoms with E-state index in [1.54, 1.807) is 37.1 Å². The molecule has 1 N–H and O–H groups in total. The summed E-state index contributed by atoms with van der Waals surface area (Å²) < 4.78 is 10.8. The van der Waals surface area contributed by atoms with Crippen molar-refractivity contribution in [2.45, 2.75) is 6.92 Å². The number of para-hydroxylation sites is 1. The van der Waals surface area contributed by atoms with E-state index < -0.39 is 10.8 Å². The van der Waals surface area contributed by atoms with Crippen LogP contribution in [0.2, 0.25) is 5.02 Å². The second kappa shape index (κ2) is 11.6. The number of benzene rings is 2. The number of anilines is 2. The number of rotatable bonds is 7. The lowest BCUT2D eigenvalue weighted by molar-refractivity contribution is -0.383. The summed E-state index contributed by atoms with van der Waals surface area (Å²) in [5.41, 5.74) is 1.66. The smallest absolute Gasteiger partial charge is 0.294 e. The van der Waals surface area contributed by atoms with Crippen LogP contribution in [0.3, 0.4) is 0 Å². The Balaban J connectivity index is 1.36. The van der Waals surface area contributed by atoms with Gasteiger partial charge in [0.25, 0.3) is 17.5 Å². The van der Waals surface area contributed by atoms with E-state index in [0.29, 0.717) is 60.2 Å². The second-order valence-corrected chi connectivity index (χ2v) is 9.60. The number of carbonyl (C=O) groups excluding carboxylic acids is 2. The number of nitro groups is 1. The van der Waals surface area contributed by atoms with Gasteiger partial charge < -0.3 is 24.4 Å². The maximum atomic E-state index is 13.6. The summed E-state index contributed by atoms with van der Waals surface area (Å²) >= 11 is 6.47. The summed E-state index contributed by atoms with van der Waals surface area (Å²) in [6, 6.07) is 14.7. The summed E-state index contributed by atoms with van der Waals surface area (Å²) in [5, 5.41) is 18.6. The first kappa shape index (κ1) is 27.6. The Morgan fingerprint density at radius 3 is 2.51 bits per heavy atom. The highest BCUT2D eigenvalue weighted by Gasteiger charge is 2.31. The number of nitrogens with one attached hydrogen (secondary N) is 1. The van der Waals surface area contributed by atoms with E-state index in [4.69, 9.17) is 20.9 Å². The quantitative estimate of drug-likeness (QED) is 0.241. The molecule has 0 saturated carbocycles. The molecule has 210 valence electrons. The number of amides is 2. The number of ether oxygens (including phenoxy) is 1. The zero-order chi connectivity index (χ0) is 29.1. The van der Waals surface area contributed by atoms with Crippen LogP contribution in [0, 0.1) is 17.0 Å². The summed E-state index contributed by atoms with van der Waals surface area (Å²) in [4.78, 5) is 45.0. The molecule has 3 heterocycles. The van der Waals surface area contributed by atoms with Crippen LogP contribution in [0.25, 0.3) is 11.3 Å². The van der Waals surface area contributed by atoms with Crippen LogP contribution in [-0.4, -0.2) is 65.1 Å². The molecule has 2 aromatic carbocycles. The monoisotopic (exact) mass is 576 g/mol. The third-order valence-corrected chi connectivity index (χ3v) is 7.06. The van der Waals surface area contributed by atoms with E-state index in [1.807, 2.05) is 23.1 Å². The van der Waals surface area contributed by atoms with Crippen LogP contribution in [0.5, 0.6) is 5.75 Å². The predicted octanol–water partition coefficient (Wildman–Crippen LogP) is 4.83. The molecule has 1 aliphatic rings. The molecule has 12 nitrogen and oxygen atoms in total. The Hall–Kier alpha value is -4.97. The van der Waals surface area contributed by atoms with Crippen LogP contribution in [0.1, 0.15) is 26.6 Å². The van der Waals surface area contributed by atoms with Crippen LogP contribution in [0.15, 0.2) is 65.3 Å². The fourth-order valence-electron chi connectivity index (χ4n) is 4.68. The first-order chi connectivity index (χ1) is 19.8. The highest BCUT2D eigenvalue weighted by molar-refractivity contribution is 6.33. The first-order valence-corrected chi connectivity index (χ1v) is 13.0. The molecular formula is C28H25ClN6O6. The maximum Gasteiger partial charge on any atom is 0.294 e. The zero-order valence-corrected chi connectivity index (χ0v) is 22.9. The molecule has 1 saturated heterocycles. The molecule has 1 fully saturated rings. The van der Waals surface area contributed by atoms with E-state index in [0.717, 1.165) is 0 Å². The van der Waals surface area contributed by atoms with Crippen molar-refractivity contribution in [1.82, 2.24) is 15.0 Å². The van der Waals surface area contributed by atoms with E-state index in [9.17, 15) is 19.7 Å². The van der Waals surface area contributed by atoms with E-state index in [2.05, 4.69) is 15.5 Å². The maximum absolute atomic E-state index is 13.6. The van der Waals surface area contributed by atoms with Gasteiger partial charge in [0.15, 0.2) is 0 Å². The molecule has 0 aliphatic carbocycles. The van der Waals surface area contributed by atoms with E-state index in [-0.39, 0.29) is 28.0 Å². The van der Waals surface area contributed by atoms with Crippen LogP contribution < -0.4 is 15.0 Å². The molecule has 13 heteroatoms. The Morgan fingerprint density at radius 2 is 1.83 bits per heavy atom. The molecule has 0 radical (unpaired) electrons. The number of piperazine rings is 1. The van der Waals surface area contributed by atoms with Gasteiger partial charge in [0.05, 0.1) is 22.7 Å². The van der Waals surface area contributed by atoms with Gasteiger partial charge in [-0.05, 0) is 37.3 Å². The predicted molar refractivity (Wildman–Crippen MR) is 152 cm³/mol. The lowest BCUT2D eigenvalue weighted by Gasteiger charge is -2.36. The highest BCUT2D eigenvalue weighted by atomic mass is 35.5. The lowest BCUT2D eigenvalue weighted by atomic mass is 10.0. The van der Waals surface area contributed by atoms with E-state index in [1.165, 1.54) is 24.4 Å². The standard InChI is InChI=1S/C28H25ClN6O6/c1-17-25(26(32-41-17)18-7-3-4-9-24(18)40-2)28(37)34-13-11-33(12-14-34)22-16-21(23(35(38)39)15-19(22)29)31-27(36)20-8-5-6-10-30-20/h3-10,15-16H,11-14H2,1-2H3,(H,31,36). The van der Waals surface area contributed by atoms with Crippen LogP contribution >= 0.6 is 11.6 Å². The molecule has 5 rings (SSSR count). The molecule has 41 heavy (non-hydrogen) atoms. The molecule has 0 atom stereocenters. The summed E-state index contributed by atoms with van der Waals surface area (Å²) in [6.45, 7) is 3.17. The van der Waals surface area contributed by atoms with Gasteiger partial charge in [-0.15, -0.1) is 0 Å². The van der Waals surface area contributed by atoms with Crippen LogP contribution in [0.4, 0.5) is 17.1 Å². The topological polar surface area (TPSA) is 144 Å². The van der Waals surface area contributed by atoms with Gasteiger partial charge in [-0.3, -0.25) is 24.7 Å². The number of carbonyl (C=O) groups is 2. The van der Waals surface area contributed by atoms with Gasteiger partial charge in [0.2, 0.25) is 0 Å². The molecule has 0 bridgehead atoms. The molecule has 1 aliphatic heterocycles. The number of nitro benzene ring substituents is 1. The number of hydrogen-bond donors (Lipinski definition) is 1. The Bertz CT molecular complexity index is 1620. The molecule has 0 spiro atoms. The molecular weight excluding hydrogens is 552 g/mol. The van der Waals surface area contributed by atoms with Crippen molar-refractivity contribution in [2.75, 3.05) is 43.5 Å². The van der Waals surface area contributed by atoms with Crippen molar-refractivity contribution in [3.05, 3.63) is 92.9 Å². The number of methoxy groups -OCH3 is 1. The van der Waals surface area contributed by atoms with Crippen molar-refractivity contribution in [2.24, 2.45) is 0 Å². The summed E-state index contributed by atoms with van der Waals surface area (Å²) in [7, 11) is 1.55. The third-order valence-electron chi connectivity index (χ3n) is 6.75. The second-order valence-electron chi connectivity index (χ2n) is 9.19. The number of halogens is 1. The van der Waals surface area contributed by atoms with Crippen molar-refractivity contribution in [3.8, 4) is 17.0 Å². The number of nitrogens with zero attached hydrogens (tertiary/aromatic N) is 5. The van der Waals surface area contributed by atoms with Gasteiger partial charge in [-0.1, -0.05) is 35.0 Å². The minimum Gasteiger partial charge on any atom is -0.496 e. The SMILES string of the molecule is COc1ccccc1-c1noc(C)c1C(=O)N1CCN(c2cc(NC(=O)c3ccccn3)c([N+](=O)[O-])cc2Cl)CC1.